The monoisotopic (exact) mass is 390 g/mol. The molecule has 0 atom stereocenters. The van der Waals surface area contributed by atoms with Gasteiger partial charge in [0.1, 0.15) is 17.3 Å². The van der Waals surface area contributed by atoms with Gasteiger partial charge in [0, 0.05) is 30.8 Å². The van der Waals surface area contributed by atoms with Crippen LogP contribution in [-0.4, -0.2) is 37.3 Å². The Morgan fingerprint density at radius 3 is 2.38 bits per heavy atom. The van der Waals surface area contributed by atoms with E-state index in [-0.39, 0.29) is 0 Å². The molecule has 1 aliphatic rings. The Labute approximate surface area is 171 Å². The number of ether oxygens (including phenoxy) is 2. The molecule has 0 radical (unpaired) electrons. The molecule has 1 fully saturated rings. The number of nitrogens with one attached hydrogen (secondary N) is 1. The minimum absolute atomic E-state index is 0.551. The Morgan fingerprint density at radius 2 is 1.66 bits per heavy atom. The second kappa shape index (κ2) is 8.82. The Kier molecular flexibility index (Phi) is 5.79. The van der Waals surface area contributed by atoms with E-state index in [1.54, 1.807) is 14.2 Å². The quantitative estimate of drug-likeness (QED) is 0.646. The molecule has 1 aliphatic heterocycles. The van der Waals surface area contributed by atoms with Crippen LogP contribution in [0.5, 0.6) is 11.5 Å². The number of nitrogens with zero attached hydrogens (tertiary/aromatic N) is 3. The van der Waals surface area contributed by atoms with Crippen LogP contribution < -0.4 is 19.7 Å². The van der Waals surface area contributed by atoms with Crippen molar-refractivity contribution in [3.8, 4) is 22.8 Å². The van der Waals surface area contributed by atoms with Crippen LogP contribution in [0.2, 0.25) is 0 Å². The number of methoxy groups -OCH3 is 2. The van der Waals surface area contributed by atoms with Gasteiger partial charge in [0.25, 0.3) is 0 Å². The highest BCUT2D eigenvalue weighted by atomic mass is 16.5. The second-order valence-corrected chi connectivity index (χ2v) is 7.04. The largest absolute Gasteiger partial charge is 0.497 e. The minimum atomic E-state index is 0.551. The Morgan fingerprint density at radius 1 is 0.862 bits per heavy atom. The molecular weight excluding hydrogens is 364 g/mol. The fourth-order valence-electron chi connectivity index (χ4n) is 3.55. The zero-order valence-electron chi connectivity index (χ0n) is 16.9. The van der Waals surface area contributed by atoms with Gasteiger partial charge in [0.15, 0.2) is 0 Å². The maximum Gasteiger partial charge on any atom is 0.229 e. The van der Waals surface area contributed by atoms with Crippen molar-refractivity contribution in [1.82, 2.24) is 9.97 Å². The summed E-state index contributed by atoms with van der Waals surface area (Å²) in [5, 5.41) is 3.33. The Bertz CT molecular complexity index is 956. The molecule has 1 N–H and O–H groups in total. The van der Waals surface area contributed by atoms with Crippen molar-refractivity contribution in [2.75, 3.05) is 37.5 Å². The van der Waals surface area contributed by atoms with Gasteiger partial charge in [0.05, 0.1) is 25.6 Å². The molecule has 1 aromatic heterocycles. The van der Waals surface area contributed by atoms with Crippen molar-refractivity contribution >= 4 is 17.5 Å². The standard InChI is InChI=1S/C23H26N4O2/c1-28-18-11-12-19(21(15-18)29-2)24-23-25-20(17-9-5-3-6-10-17)16-22(26-23)27-13-7-4-8-14-27/h3,5-6,9-12,15-16H,4,7-8,13-14H2,1-2H3,(H,24,25,26). The van der Waals surface area contributed by atoms with Gasteiger partial charge in [-0.05, 0) is 31.4 Å². The molecule has 0 saturated carbocycles. The number of anilines is 3. The van der Waals surface area contributed by atoms with Gasteiger partial charge in [-0.1, -0.05) is 30.3 Å². The highest BCUT2D eigenvalue weighted by molar-refractivity contribution is 5.69. The molecule has 1 saturated heterocycles. The van der Waals surface area contributed by atoms with Gasteiger partial charge in [0.2, 0.25) is 5.95 Å². The van der Waals surface area contributed by atoms with Gasteiger partial charge >= 0.3 is 0 Å². The third kappa shape index (κ3) is 4.42. The summed E-state index contributed by atoms with van der Waals surface area (Å²) in [5.74, 6) is 2.92. The van der Waals surface area contributed by atoms with E-state index in [1.165, 1.54) is 19.3 Å². The maximum atomic E-state index is 5.51. The van der Waals surface area contributed by atoms with Crippen molar-refractivity contribution in [2.24, 2.45) is 0 Å². The first-order chi connectivity index (χ1) is 14.3. The molecule has 4 rings (SSSR count). The summed E-state index contributed by atoms with van der Waals surface area (Å²) in [6, 6.07) is 17.9. The lowest BCUT2D eigenvalue weighted by Crippen LogP contribution is -2.30. The van der Waals surface area contributed by atoms with E-state index < -0.39 is 0 Å². The lowest BCUT2D eigenvalue weighted by atomic mass is 10.1. The van der Waals surface area contributed by atoms with Crippen molar-refractivity contribution in [3.63, 3.8) is 0 Å². The molecule has 0 amide bonds. The van der Waals surface area contributed by atoms with Crippen LogP contribution in [-0.2, 0) is 0 Å². The summed E-state index contributed by atoms with van der Waals surface area (Å²) in [4.78, 5) is 11.9. The molecule has 3 aromatic rings. The number of benzene rings is 2. The smallest absolute Gasteiger partial charge is 0.229 e. The molecule has 29 heavy (non-hydrogen) atoms. The van der Waals surface area contributed by atoms with Crippen molar-refractivity contribution < 1.29 is 9.47 Å². The van der Waals surface area contributed by atoms with Crippen molar-refractivity contribution in [2.45, 2.75) is 19.3 Å². The van der Waals surface area contributed by atoms with Gasteiger partial charge in [-0.2, -0.15) is 4.98 Å². The summed E-state index contributed by atoms with van der Waals surface area (Å²) < 4.78 is 10.8. The molecule has 2 heterocycles. The lowest BCUT2D eigenvalue weighted by molar-refractivity contribution is 0.395. The number of hydrogen-bond acceptors (Lipinski definition) is 6. The van der Waals surface area contributed by atoms with Crippen LogP contribution in [0.15, 0.2) is 54.6 Å². The summed E-state index contributed by atoms with van der Waals surface area (Å²) in [6.45, 7) is 2.05. The van der Waals surface area contributed by atoms with Crippen molar-refractivity contribution in [1.29, 1.82) is 0 Å². The topological polar surface area (TPSA) is 59.5 Å². The maximum absolute atomic E-state index is 5.51. The number of rotatable bonds is 6. The Hall–Kier alpha value is -3.28. The van der Waals surface area contributed by atoms with Gasteiger partial charge < -0.3 is 19.7 Å². The van der Waals surface area contributed by atoms with Crippen LogP contribution in [0.4, 0.5) is 17.5 Å². The van der Waals surface area contributed by atoms with Gasteiger partial charge in [-0.3, -0.25) is 0 Å². The fraction of sp³-hybridized carbons (Fsp3) is 0.304. The average molecular weight is 390 g/mol. The number of aromatic nitrogens is 2. The van der Waals surface area contributed by atoms with E-state index in [2.05, 4.69) is 28.4 Å². The highest BCUT2D eigenvalue weighted by Gasteiger charge is 2.16. The lowest BCUT2D eigenvalue weighted by Gasteiger charge is -2.28. The van der Waals surface area contributed by atoms with Crippen LogP contribution in [0.1, 0.15) is 19.3 Å². The van der Waals surface area contributed by atoms with Gasteiger partial charge in [-0.25, -0.2) is 4.98 Å². The summed E-state index contributed by atoms with van der Waals surface area (Å²) in [5.41, 5.74) is 2.76. The summed E-state index contributed by atoms with van der Waals surface area (Å²) in [7, 11) is 3.28. The normalized spacial score (nSPS) is 13.8. The van der Waals surface area contributed by atoms with Crippen molar-refractivity contribution in [3.05, 3.63) is 54.6 Å². The third-order valence-electron chi connectivity index (χ3n) is 5.12. The summed E-state index contributed by atoms with van der Waals surface area (Å²) in [6.07, 6.45) is 3.67. The molecule has 0 spiro atoms. The van der Waals surface area contributed by atoms with Crippen LogP contribution in [0.25, 0.3) is 11.3 Å². The fourth-order valence-corrected chi connectivity index (χ4v) is 3.55. The molecule has 6 nitrogen and oxygen atoms in total. The number of hydrogen-bond donors (Lipinski definition) is 1. The average Bonchev–Trinajstić information content (AvgIpc) is 2.80. The molecule has 6 heteroatoms. The van der Waals surface area contributed by atoms with E-state index in [0.29, 0.717) is 11.7 Å². The number of piperidine rings is 1. The van der Waals surface area contributed by atoms with E-state index in [9.17, 15) is 0 Å². The van der Waals surface area contributed by atoms with E-state index in [1.807, 2.05) is 36.4 Å². The highest BCUT2D eigenvalue weighted by Crippen LogP contribution is 2.32. The van der Waals surface area contributed by atoms with Crippen LogP contribution in [0.3, 0.4) is 0 Å². The molecule has 150 valence electrons. The zero-order valence-corrected chi connectivity index (χ0v) is 16.9. The predicted octanol–water partition coefficient (Wildman–Crippen LogP) is 4.89. The molecule has 0 bridgehead atoms. The SMILES string of the molecule is COc1ccc(Nc2nc(-c3ccccc3)cc(N3CCCCC3)n2)c(OC)c1. The zero-order chi connectivity index (χ0) is 20.1. The first-order valence-electron chi connectivity index (χ1n) is 9.95. The van der Waals surface area contributed by atoms with E-state index in [4.69, 9.17) is 19.4 Å². The first-order valence-corrected chi connectivity index (χ1v) is 9.95. The van der Waals surface area contributed by atoms with Gasteiger partial charge in [-0.15, -0.1) is 0 Å². The van der Waals surface area contributed by atoms with Crippen LogP contribution >= 0.6 is 0 Å². The molecule has 2 aromatic carbocycles. The predicted molar refractivity (Wildman–Crippen MR) is 116 cm³/mol. The Balaban J connectivity index is 1.72. The summed E-state index contributed by atoms with van der Waals surface area (Å²) >= 11 is 0. The third-order valence-corrected chi connectivity index (χ3v) is 5.12. The molecular formula is C23H26N4O2. The van der Waals surface area contributed by atoms with Crippen LogP contribution in [0, 0.1) is 0 Å². The van der Waals surface area contributed by atoms with E-state index in [0.717, 1.165) is 41.6 Å². The minimum Gasteiger partial charge on any atom is -0.497 e. The second-order valence-electron chi connectivity index (χ2n) is 7.04. The molecule has 0 unspecified atom stereocenters. The van der Waals surface area contributed by atoms with E-state index >= 15 is 0 Å². The molecule has 0 aliphatic carbocycles. The first kappa shape index (κ1) is 19.1.